The van der Waals surface area contributed by atoms with Gasteiger partial charge in [0.1, 0.15) is 5.82 Å². The average molecular weight is 288 g/mol. The number of halogens is 1. The highest BCUT2D eigenvalue weighted by atomic mass is 19.1. The molecule has 0 bridgehead atoms. The molecule has 0 fully saturated rings. The fraction of sp³-hybridized carbons (Fsp3) is 0.250. The van der Waals surface area contributed by atoms with E-state index in [1.165, 1.54) is 18.2 Å². The highest BCUT2D eigenvalue weighted by Gasteiger charge is 2.13. The van der Waals surface area contributed by atoms with E-state index in [0.29, 0.717) is 12.1 Å². The van der Waals surface area contributed by atoms with Crippen molar-refractivity contribution in [1.29, 1.82) is 0 Å². The molecule has 21 heavy (non-hydrogen) atoms. The molecule has 0 spiro atoms. The molecule has 5 heteroatoms. The molecule has 0 aromatic heterocycles. The number of nitrogens with zero attached hydrogens (tertiary/aromatic N) is 1. The molecule has 2 aromatic rings. The second kappa shape index (κ2) is 6.95. The summed E-state index contributed by atoms with van der Waals surface area (Å²) in [5.74, 6) is -0.240. The Morgan fingerprint density at radius 1 is 1.24 bits per heavy atom. The van der Waals surface area contributed by atoms with Crippen molar-refractivity contribution in [2.45, 2.75) is 25.9 Å². The Hall–Kier alpha value is -2.27. The smallest absolute Gasteiger partial charge is 0.269 e. The van der Waals surface area contributed by atoms with Gasteiger partial charge < -0.3 is 5.32 Å². The van der Waals surface area contributed by atoms with Crippen LogP contribution in [0, 0.1) is 15.9 Å². The minimum atomic E-state index is -0.419. The zero-order valence-corrected chi connectivity index (χ0v) is 11.8. The van der Waals surface area contributed by atoms with Crippen LogP contribution in [0.4, 0.5) is 10.1 Å². The number of non-ortho nitro benzene ring substituents is 1. The Morgan fingerprint density at radius 3 is 2.67 bits per heavy atom. The maximum atomic E-state index is 13.8. The predicted octanol–water partition coefficient (Wildman–Crippen LogP) is 3.97. The summed E-state index contributed by atoms with van der Waals surface area (Å²) in [6, 6.07) is 13.0. The summed E-state index contributed by atoms with van der Waals surface area (Å²) in [7, 11) is 0. The molecule has 0 aliphatic heterocycles. The lowest BCUT2D eigenvalue weighted by atomic mass is 10.0. The van der Waals surface area contributed by atoms with Crippen molar-refractivity contribution in [3.63, 3.8) is 0 Å². The summed E-state index contributed by atoms with van der Waals surface area (Å²) in [6.07, 6.45) is 0.732. The first-order chi connectivity index (χ1) is 10.1. The maximum Gasteiger partial charge on any atom is 0.269 e. The Morgan fingerprint density at radius 2 is 2.00 bits per heavy atom. The van der Waals surface area contributed by atoms with E-state index >= 15 is 0 Å². The lowest BCUT2D eigenvalue weighted by molar-refractivity contribution is -0.384. The van der Waals surface area contributed by atoms with Crippen LogP contribution in [0.25, 0.3) is 0 Å². The van der Waals surface area contributed by atoms with Crippen molar-refractivity contribution in [3.8, 4) is 0 Å². The second-order valence-electron chi connectivity index (χ2n) is 4.79. The van der Waals surface area contributed by atoms with Crippen LogP contribution in [0.2, 0.25) is 0 Å². The van der Waals surface area contributed by atoms with Crippen LogP contribution in [-0.4, -0.2) is 4.92 Å². The van der Waals surface area contributed by atoms with E-state index in [-0.39, 0.29) is 17.5 Å². The summed E-state index contributed by atoms with van der Waals surface area (Å²) in [5, 5.41) is 14.0. The summed E-state index contributed by atoms with van der Waals surface area (Å²) < 4.78 is 13.8. The third-order valence-electron chi connectivity index (χ3n) is 3.36. The van der Waals surface area contributed by atoms with E-state index in [0.717, 1.165) is 12.0 Å². The SMILES string of the molecule is CCC(NCc1cccc([N+](=O)[O-])c1)c1ccccc1F. The quantitative estimate of drug-likeness (QED) is 0.646. The van der Waals surface area contributed by atoms with Gasteiger partial charge in [0.05, 0.1) is 4.92 Å². The fourth-order valence-electron chi connectivity index (χ4n) is 2.25. The molecule has 0 aliphatic carbocycles. The van der Waals surface area contributed by atoms with E-state index in [4.69, 9.17) is 0 Å². The molecule has 4 nitrogen and oxygen atoms in total. The van der Waals surface area contributed by atoms with Gasteiger partial charge in [-0.05, 0) is 18.1 Å². The van der Waals surface area contributed by atoms with Crippen LogP contribution in [0.1, 0.15) is 30.5 Å². The van der Waals surface area contributed by atoms with Gasteiger partial charge in [-0.3, -0.25) is 10.1 Å². The third kappa shape index (κ3) is 3.86. The Kier molecular flexibility index (Phi) is 5.00. The molecule has 110 valence electrons. The Balaban J connectivity index is 2.09. The molecular formula is C16H17FN2O2. The highest BCUT2D eigenvalue weighted by Crippen LogP contribution is 2.21. The van der Waals surface area contributed by atoms with Crippen molar-refractivity contribution in [3.05, 3.63) is 75.6 Å². The van der Waals surface area contributed by atoms with Crippen molar-refractivity contribution in [2.24, 2.45) is 0 Å². The minimum Gasteiger partial charge on any atom is -0.306 e. The molecule has 1 atom stereocenters. The van der Waals surface area contributed by atoms with Gasteiger partial charge in [-0.1, -0.05) is 37.3 Å². The predicted molar refractivity (Wildman–Crippen MR) is 79.4 cm³/mol. The maximum absolute atomic E-state index is 13.8. The van der Waals surface area contributed by atoms with E-state index < -0.39 is 4.92 Å². The van der Waals surface area contributed by atoms with Crippen LogP contribution >= 0.6 is 0 Å². The van der Waals surface area contributed by atoms with Crippen molar-refractivity contribution < 1.29 is 9.31 Å². The van der Waals surface area contributed by atoms with E-state index in [9.17, 15) is 14.5 Å². The molecular weight excluding hydrogens is 271 g/mol. The first-order valence-corrected chi connectivity index (χ1v) is 6.83. The Labute approximate surface area is 122 Å². The molecule has 0 saturated heterocycles. The van der Waals surface area contributed by atoms with Crippen LogP contribution in [0.5, 0.6) is 0 Å². The first-order valence-electron chi connectivity index (χ1n) is 6.83. The molecule has 0 radical (unpaired) electrons. The van der Waals surface area contributed by atoms with Crippen LogP contribution < -0.4 is 5.32 Å². The normalized spacial score (nSPS) is 12.1. The third-order valence-corrected chi connectivity index (χ3v) is 3.36. The number of nitrogens with one attached hydrogen (secondary N) is 1. The number of hydrogen-bond acceptors (Lipinski definition) is 3. The zero-order chi connectivity index (χ0) is 15.2. The number of nitro groups is 1. The minimum absolute atomic E-state index is 0.0632. The van der Waals surface area contributed by atoms with Crippen LogP contribution in [0.15, 0.2) is 48.5 Å². The monoisotopic (exact) mass is 288 g/mol. The van der Waals surface area contributed by atoms with Gasteiger partial charge in [0, 0.05) is 30.3 Å². The molecule has 0 saturated carbocycles. The lowest BCUT2D eigenvalue weighted by Crippen LogP contribution is -2.21. The number of rotatable bonds is 6. The van der Waals surface area contributed by atoms with E-state index in [1.807, 2.05) is 13.0 Å². The van der Waals surface area contributed by atoms with Crippen LogP contribution in [0.3, 0.4) is 0 Å². The van der Waals surface area contributed by atoms with Gasteiger partial charge in [-0.2, -0.15) is 0 Å². The summed E-state index contributed by atoms with van der Waals surface area (Å²) in [5.41, 5.74) is 1.48. The lowest BCUT2D eigenvalue weighted by Gasteiger charge is -2.18. The highest BCUT2D eigenvalue weighted by molar-refractivity contribution is 5.34. The Bertz CT molecular complexity index is 631. The van der Waals surface area contributed by atoms with Crippen molar-refractivity contribution in [2.75, 3.05) is 0 Å². The first kappa shape index (κ1) is 15.1. The molecule has 0 amide bonds. The summed E-state index contributed by atoms with van der Waals surface area (Å²) in [6.45, 7) is 2.42. The average Bonchev–Trinajstić information content (AvgIpc) is 2.50. The molecule has 1 N–H and O–H groups in total. The van der Waals surface area contributed by atoms with E-state index in [1.54, 1.807) is 24.3 Å². The number of hydrogen-bond donors (Lipinski definition) is 1. The zero-order valence-electron chi connectivity index (χ0n) is 11.8. The van der Waals surface area contributed by atoms with Crippen molar-refractivity contribution in [1.82, 2.24) is 5.32 Å². The molecule has 1 unspecified atom stereocenters. The summed E-state index contributed by atoms with van der Waals surface area (Å²) >= 11 is 0. The number of benzene rings is 2. The van der Waals surface area contributed by atoms with Gasteiger partial charge in [0.15, 0.2) is 0 Å². The standard InChI is InChI=1S/C16H17FN2O2/c1-2-16(14-8-3-4-9-15(14)17)18-11-12-6-5-7-13(10-12)19(20)21/h3-10,16,18H,2,11H2,1H3. The van der Waals surface area contributed by atoms with Gasteiger partial charge in [-0.15, -0.1) is 0 Å². The van der Waals surface area contributed by atoms with E-state index in [2.05, 4.69) is 5.32 Å². The van der Waals surface area contributed by atoms with Gasteiger partial charge in [-0.25, -0.2) is 4.39 Å². The molecule has 2 rings (SSSR count). The molecule has 0 heterocycles. The largest absolute Gasteiger partial charge is 0.306 e. The van der Waals surface area contributed by atoms with Gasteiger partial charge in [0.25, 0.3) is 5.69 Å². The molecule has 0 aliphatic rings. The van der Waals surface area contributed by atoms with Crippen molar-refractivity contribution >= 4 is 5.69 Å². The fourth-order valence-corrected chi connectivity index (χ4v) is 2.25. The summed E-state index contributed by atoms with van der Waals surface area (Å²) in [4.78, 5) is 10.3. The van der Waals surface area contributed by atoms with Gasteiger partial charge in [0.2, 0.25) is 0 Å². The second-order valence-corrected chi connectivity index (χ2v) is 4.79. The molecule has 2 aromatic carbocycles. The number of nitro benzene ring substituents is 1. The van der Waals surface area contributed by atoms with Crippen LogP contribution in [-0.2, 0) is 6.54 Å². The topological polar surface area (TPSA) is 55.2 Å². The van der Waals surface area contributed by atoms with Gasteiger partial charge >= 0.3 is 0 Å².